The Bertz CT molecular complexity index is 853. The first-order valence-corrected chi connectivity index (χ1v) is 9.89. The summed E-state index contributed by atoms with van der Waals surface area (Å²) in [7, 11) is 4.33. The molecule has 0 N–H and O–H groups in total. The standard InChI is InChI=1S/C25H27N3/c1-27-23(21-14-8-4-9-15-21)24(22-16-10-5-11-17-22)28(2)25(27)26-19-18-20-12-6-3-7-13-20/h3-17,23-24H,18-19H2,1-2H3/t23-,24-/m0/s1. The van der Waals surface area contributed by atoms with Gasteiger partial charge in [0.05, 0.1) is 12.1 Å². The number of rotatable bonds is 5. The Morgan fingerprint density at radius 2 is 1.07 bits per heavy atom. The second-order valence-corrected chi connectivity index (χ2v) is 7.35. The fourth-order valence-corrected chi connectivity index (χ4v) is 4.19. The summed E-state index contributed by atoms with van der Waals surface area (Å²) in [5.74, 6) is 1.05. The van der Waals surface area contributed by atoms with Crippen LogP contribution >= 0.6 is 0 Å². The van der Waals surface area contributed by atoms with E-state index in [2.05, 4.69) is 115 Å². The van der Waals surface area contributed by atoms with Gasteiger partial charge in [0, 0.05) is 20.6 Å². The number of hydrogen-bond acceptors (Lipinski definition) is 1. The van der Waals surface area contributed by atoms with Crippen molar-refractivity contribution < 1.29 is 0 Å². The summed E-state index contributed by atoms with van der Waals surface area (Å²) < 4.78 is 0. The Morgan fingerprint density at radius 3 is 1.54 bits per heavy atom. The minimum Gasteiger partial charge on any atom is -0.336 e. The highest BCUT2D eigenvalue weighted by Crippen LogP contribution is 2.43. The second kappa shape index (κ2) is 8.30. The average Bonchev–Trinajstić information content (AvgIpc) is 3.00. The minimum atomic E-state index is 0.240. The van der Waals surface area contributed by atoms with Crippen LogP contribution in [0.5, 0.6) is 0 Å². The summed E-state index contributed by atoms with van der Waals surface area (Å²) in [5, 5.41) is 0. The van der Waals surface area contributed by atoms with Gasteiger partial charge >= 0.3 is 0 Å². The first-order valence-electron chi connectivity index (χ1n) is 9.89. The third kappa shape index (κ3) is 3.65. The lowest BCUT2D eigenvalue weighted by Crippen LogP contribution is -2.29. The molecule has 0 radical (unpaired) electrons. The van der Waals surface area contributed by atoms with Gasteiger partial charge in [0.15, 0.2) is 5.96 Å². The first-order chi connectivity index (χ1) is 13.8. The number of benzene rings is 3. The number of guanidine groups is 1. The van der Waals surface area contributed by atoms with Crippen LogP contribution in [0.4, 0.5) is 0 Å². The summed E-state index contributed by atoms with van der Waals surface area (Å²) >= 11 is 0. The van der Waals surface area contributed by atoms with Gasteiger partial charge in [0.25, 0.3) is 0 Å². The van der Waals surface area contributed by atoms with E-state index >= 15 is 0 Å². The van der Waals surface area contributed by atoms with Crippen molar-refractivity contribution in [1.82, 2.24) is 9.80 Å². The van der Waals surface area contributed by atoms with Gasteiger partial charge in [-0.2, -0.15) is 0 Å². The smallest absolute Gasteiger partial charge is 0.197 e. The van der Waals surface area contributed by atoms with Crippen molar-refractivity contribution in [2.75, 3.05) is 20.6 Å². The van der Waals surface area contributed by atoms with E-state index in [4.69, 9.17) is 4.99 Å². The van der Waals surface area contributed by atoms with E-state index in [1.807, 2.05) is 0 Å². The van der Waals surface area contributed by atoms with Crippen LogP contribution in [0.3, 0.4) is 0 Å². The molecule has 4 rings (SSSR count). The van der Waals surface area contributed by atoms with Gasteiger partial charge in [-0.15, -0.1) is 0 Å². The van der Waals surface area contributed by atoms with Crippen molar-refractivity contribution in [3.63, 3.8) is 0 Å². The molecule has 1 aliphatic heterocycles. The minimum absolute atomic E-state index is 0.240. The molecule has 0 aromatic heterocycles. The Morgan fingerprint density at radius 1 is 0.643 bits per heavy atom. The zero-order chi connectivity index (χ0) is 19.3. The molecule has 142 valence electrons. The lowest BCUT2D eigenvalue weighted by Gasteiger charge is -2.26. The molecule has 3 heteroatoms. The molecular weight excluding hydrogens is 342 g/mol. The van der Waals surface area contributed by atoms with E-state index in [1.165, 1.54) is 16.7 Å². The molecule has 28 heavy (non-hydrogen) atoms. The second-order valence-electron chi connectivity index (χ2n) is 7.35. The van der Waals surface area contributed by atoms with E-state index < -0.39 is 0 Å². The number of likely N-dealkylation sites (N-methyl/N-ethyl adjacent to an activating group) is 2. The van der Waals surface area contributed by atoms with Crippen LogP contribution in [0.25, 0.3) is 0 Å². The summed E-state index contributed by atoms with van der Waals surface area (Å²) in [6.07, 6.45) is 0.956. The van der Waals surface area contributed by atoms with Gasteiger partial charge in [0.2, 0.25) is 0 Å². The molecule has 0 saturated carbocycles. The molecule has 0 amide bonds. The van der Waals surface area contributed by atoms with Crippen LogP contribution in [-0.2, 0) is 6.42 Å². The predicted molar refractivity (Wildman–Crippen MR) is 116 cm³/mol. The van der Waals surface area contributed by atoms with E-state index in [1.54, 1.807) is 0 Å². The van der Waals surface area contributed by atoms with Crippen molar-refractivity contribution in [3.05, 3.63) is 108 Å². The van der Waals surface area contributed by atoms with Gasteiger partial charge in [-0.25, -0.2) is 0 Å². The normalized spacial score (nSPS) is 19.1. The Kier molecular flexibility index (Phi) is 5.43. The van der Waals surface area contributed by atoms with Gasteiger partial charge in [-0.3, -0.25) is 4.99 Å². The molecular formula is C25H27N3. The van der Waals surface area contributed by atoms with E-state index in [0.29, 0.717) is 0 Å². The Hall–Kier alpha value is -3.07. The topological polar surface area (TPSA) is 18.8 Å². The first kappa shape index (κ1) is 18.3. The summed E-state index contributed by atoms with van der Waals surface area (Å²) in [4.78, 5) is 9.66. The lowest BCUT2D eigenvalue weighted by atomic mass is 9.93. The highest BCUT2D eigenvalue weighted by Gasteiger charge is 2.41. The summed E-state index contributed by atoms with van der Waals surface area (Å²) in [5.41, 5.74) is 3.97. The number of nitrogens with zero attached hydrogens (tertiary/aromatic N) is 3. The zero-order valence-corrected chi connectivity index (χ0v) is 16.6. The van der Waals surface area contributed by atoms with E-state index in [-0.39, 0.29) is 12.1 Å². The third-order valence-corrected chi connectivity index (χ3v) is 5.54. The molecule has 3 aromatic carbocycles. The van der Waals surface area contributed by atoms with Crippen LogP contribution in [-0.4, -0.2) is 36.4 Å². The number of aliphatic imine (C=N–C) groups is 1. The summed E-state index contributed by atoms with van der Waals surface area (Å²) in [6, 6.07) is 32.6. The fourth-order valence-electron chi connectivity index (χ4n) is 4.19. The van der Waals surface area contributed by atoms with Crippen LogP contribution in [0.2, 0.25) is 0 Å². The van der Waals surface area contributed by atoms with Gasteiger partial charge < -0.3 is 9.80 Å². The maximum atomic E-state index is 5.00. The molecule has 0 aliphatic carbocycles. The monoisotopic (exact) mass is 369 g/mol. The molecule has 0 bridgehead atoms. The molecule has 1 aliphatic rings. The molecule has 1 fully saturated rings. The van der Waals surface area contributed by atoms with Crippen molar-refractivity contribution >= 4 is 5.96 Å². The highest BCUT2D eigenvalue weighted by molar-refractivity contribution is 5.83. The van der Waals surface area contributed by atoms with E-state index in [9.17, 15) is 0 Å². The van der Waals surface area contributed by atoms with Crippen LogP contribution in [0.15, 0.2) is 96.0 Å². The van der Waals surface area contributed by atoms with Crippen LogP contribution < -0.4 is 0 Å². The number of hydrogen-bond donors (Lipinski definition) is 0. The van der Waals surface area contributed by atoms with Gasteiger partial charge in [-0.1, -0.05) is 91.0 Å². The van der Waals surface area contributed by atoms with Crippen LogP contribution in [0, 0.1) is 0 Å². The maximum absolute atomic E-state index is 5.00. The molecule has 2 atom stereocenters. The molecule has 1 saturated heterocycles. The van der Waals surface area contributed by atoms with Crippen LogP contribution in [0.1, 0.15) is 28.8 Å². The lowest BCUT2D eigenvalue weighted by molar-refractivity contribution is 0.316. The quantitative estimate of drug-likeness (QED) is 0.634. The van der Waals surface area contributed by atoms with Crippen molar-refractivity contribution in [3.8, 4) is 0 Å². The Balaban J connectivity index is 1.64. The van der Waals surface area contributed by atoms with Crippen molar-refractivity contribution in [1.29, 1.82) is 0 Å². The maximum Gasteiger partial charge on any atom is 0.197 e. The highest BCUT2D eigenvalue weighted by atomic mass is 15.4. The third-order valence-electron chi connectivity index (χ3n) is 5.54. The Labute approximate surface area is 168 Å². The average molecular weight is 370 g/mol. The summed E-state index contributed by atoms with van der Waals surface area (Å²) in [6.45, 7) is 0.789. The SMILES string of the molecule is CN1C(=NCCc2ccccc2)N(C)[C@@H](c2ccccc2)[C@@H]1c1ccccc1. The largest absolute Gasteiger partial charge is 0.336 e. The van der Waals surface area contributed by atoms with Gasteiger partial charge in [-0.05, 0) is 23.1 Å². The fraction of sp³-hybridized carbons (Fsp3) is 0.240. The van der Waals surface area contributed by atoms with Crippen molar-refractivity contribution in [2.24, 2.45) is 4.99 Å². The van der Waals surface area contributed by atoms with Gasteiger partial charge in [0.1, 0.15) is 0 Å². The zero-order valence-electron chi connectivity index (χ0n) is 16.6. The molecule has 3 aromatic rings. The molecule has 0 spiro atoms. The molecule has 3 nitrogen and oxygen atoms in total. The van der Waals surface area contributed by atoms with E-state index in [0.717, 1.165) is 18.9 Å². The molecule has 1 heterocycles. The van der Waals surface area contributed by atoms with Crippen molar-refractivity contribution in [2.45, 2.75) is 18.5 Å². The molecule has 0 unspecified atom stereocenters. The predicted octanol–water partition coefficient (Wildman–Crippen LogP) is 4.94.